The maximum Gasteiger partial charge on any atom is 0.367 e. The molecule has 0 saturated heterocycles. The summed E-state index contributed by atoms with van der Waals surface area (Å²) in [4.78, 5) is 15.8. The Hall–Kier alpha value is -2.10. The van der Waals surface area contributed by atoms with Gasteiger partial charge in [0.2, 0.25) is 5.90 Å². The Labute approximate surface area is 99.6 Å². The minimum Gasteiger partial charge on any atom is -0.496 e. The van der Waals surface area contributed by atoms with Gasteiger partial charge < -0.3 is 9.47 Å². The maximum atomic E-state index is 11.6. The predicted octanol–water partition coefficient (Wildman–Crippen LogP) is 2.26. The minimum atomic E-state index is -0.463. The molecule has 0 radical (unpaired) electrons. The molecule has 0 saturated carbocycles. The fourth-order valence-corrected chi connectivity index (χ4v) is 1.52. The van der Waals surface area contributed by atoms with Crippen LogP contribution in [-0.4, -0.2) is 18.5 Å². The number of nitrogens with zero attached hydrogens (tertiary/aromatic N) is 1. The fraction of sp³-hybridized carbons (Fsp3) is 0.231. The minimum absolute atomic E-state index is 0.241. The third-order valence-corrected chi connectivity index (χ3v) is 2.31. The fourth-order valence-electron chi connectivity index (χ4n) is 1.52. The highest BCUT2D eigenvalue weighted by molar-refractivity contribution is 6.11. The maximum absolute atomic E-state index is 11.6. The van der Waals surface area contributed by atoms with E-state index in [0.29, 0.717) is 18.3 Å². The number of carbonyl (C=O) groups is 1. The van der Waals surface area contributed by atoms with Crippen LogP contribution in [0, 0.1) is 0 Å². The third kappa shape index (κ3) is 2.36. The number of ether oxygens (including phenoxy) is 2. The first-order valence-electron chi connectivity index (χ1n) is 5.42. The van der Waals surface area contributed by atoms with Crippen molar-refractivity contribution >= 4 is 11.9 Å². The number of benzene rings is 1. The molecule has 1 aromatic carbocycles. The molecule has 0 bridgehead atoms. The second-order valence-electron chi connectivity index (χ2n) is 3.51. The van der Waals surface area contributed by atoms with E-state index in [1.165, 1.54) is 0 Å². The number of rotatable bonds is 3. The van der Waals surface area contributed by atoms with Gasteiger partial charge in [0.1, 0.15) is 5.76 Å². The van der Waals surface area contributed by atoms with Gasteiger partial charge in [-0.3, -0.25) is 0 Å². The topological polar surface area (TPSA) is 47.9 Å². The van der Waals surface area contributed by atoms with Gasteiger partial charge >= 0.3 is 5.97 Å². The number of aliphatic imine (C=N–C) groups is 1. The second kappa shape index (κ2) is 4.82. The number of carbonyl (C=O) groups excluding carboxylic acids is 1. The van der Waals surface area contributed by atoms with Crippen LogP contribution in [0.3, 0.4) is 0 Å². The molecule has 0 unspecified atom stereocenters. The highest BCUT2D eigenvalue weighted by atomic mass is 16.6. The van der Waals surface area contributed by atoms with E-state index in [4.69, 9.17) is 9.47 Å². The lowest BCUT2D eigenvalue weighted by atomic mass is 10.2. The van der Waals surface area contributed by atoms with Crippen LogP contribution >= 0.6 is 0 Å². The quantitative estimate of drug-likeness (QED) is 0.455. The van der Waals surface area contributed by atoms with E-state index in [-0.39, 0.29) is 5.70 Å². The van der Waals surface area contributed by atoms with Crippen molar-refractivity contribution in [3.05, 3.63) is 47.4 Å². The van der Waals surface area contributed by atoms with E-state index in [2.05, 4.69) is 4.99 Å². The molecular formula is C13H13NO3. The van der Waals surface area contributed by atoms with Gasteiger partial charge in [-0.25, -0.2) is 9.79 Å². The summed E-state index contributed by atoms with van der Waals surface area (Å²) in [5.74, 6) is 0.350. The molecule has 1 aliphatic rings. The molecule has 1 aromatic rings. The van der Waals surface area contributed by atoms with Crippen LogP contribution in [0.4, 0.5) is 0 Å². The van der Waals surface area contributed by atoms with Gasteiger partial charge in [0.25, 0.3) is 0 Å². The summed E-state index contributed by atoms with van der Waals surface area (Å²) in [6, 6.07) is 9.30. The van der Waals surface area contributed by atoms with E-state index in [9.17, 15) is 4.79 Å². The van der Waals surface area contributed by atoms with Gasteiger partial charge in [-0.1, -0.05) is 18.2 Å². The smallest absolute Gasteiger partial charge is 0.367 e. The van der Waals surface area contributed by atoms with E-state index in [1.807, 2.05) is 37.3 Å². The predicted molar refractivity (Wildman–Crippen MR) is 63.4 cm³/mol. The molecule has 0 aromatic heterocycles. The SMILES string of the molecule is CCO/C(C)=C1\N=C(c2ccccc2)OC1=O. The van der Waals surface area contributed by atoms with Crippen molar-refractivity contribution in [1.82, 2.24) is 0 Å². The van der Waals surface area contributed by atoms with Crippen LogP contribution in [0.25, 0.3) is 0 Å². The molecular weight excluding hydrogens is 218 g/mol. The Bertz CT molecular complexity index is 489. The zero-order valence-electron chi connectivity index (χ0n) is 9.77. The average Bonchev–Trinajstić information content (AvgIpc) is 2.73. The number of hydrogen-bond acceptors (Lipinski definition) is 4. The standard InChI is InChI=1S/C13H13NO3/c1-3-16-9(2)11-13(15)17-12(14-11)10-7-5-4-6-8-10/h4-8H,3H2,1-2H3/b11-9-. The van der Waals surface area contributed by atoms with Crippen LogP contribution < -0.4 is 0 Å². The Morgan fingerprint density at radius 1 is 1.35 bits per heavy atom. The molecule has 4 heteroatoms. The van der Waals surface area contributed by atoms with Crippen LogP contribution in [0.5, 0.6) is 0 Å². The summed E-state index contributed by atoms with van der Waals surface area (Å²) in [5.41, 5.74) is 1.02. The molecule has 0 N–H and O–H groups in total. The summed E-state index contributed by atoms with van der Waals surface area (Å²) in [6.45, 7) is 4.06. The summed E-state index contributed by atoms with van der Waals surface area (Å²) in [7, 11) is 0. The van der Waals surface area contributed by atoms with E-state index in [1.54, 1.807) is 6.92 Å². The van der Waals surface area contributed by atoms with E-state index < -0.39 is 5.97 Å². The van der Waals surface area contributed by atoms with Gasteiger partial charge in [0.05, 0.1) is 6.61 Å². The Balaban J connectivity index is 2.32. The number of allylic oxidation sites excluding steroid dienone is 1. The van der Waals surface area contributed by atoms with Gasteiger partial charge in [0.15, 0.2) is 5.70 Å². The molecule has 1 heterocycles. The lowest BCUT2D eigenvalue weighted by molar-refractivity contribution is -0.130. The molecule has 0 spiro atoms. The average molecular weight is 231 g/mol. The first kappa shape index (κ1) is 11.4. The third-order valence-electron chi connectivity index (χ3n) is 2.31. The molecule has 2 rings (SSSR count). The zero-order valence-corrected chi connectivity index (χ0v) is 9.77. The van der Waals surface area contributed by atoms with Gasteiger partial charge in [-0.2, -0.15) is 0 Å². The van der Waals surface area contributed by atoms with Crippen molar-refractivity contribution in [2.75, 3.05) is 6.61 Å². The van der Waals surface area contributed by atoms with Crippen LogP contribution in [0.1, 0.15) is 19.4 Å². The van der Waals surface area contributed by atoms with Crippen LogP contribution in [-0.2, 0) is 14.3 Å². The second-order valence-corrected chi connectivity index (χ2v) is 3.51. The molecule has 0 atom stereocenters. The Morgan fingerprint density at radius 2 is 2.06 bits per heavy atom. The number of esters is 1. The Morgan fingerprint density at radius 3 is 2.71 bits per heavy atom. The summed E-state index contributed by atoms with van der Waals surface area (Å²) >= 11 is 0. The van der Waals surface area contributed by atoms with Crippen molar-refractivity contribution in [3.63, 3.8) is 0 Å². The molecule has 4 nitrogen and oxygen atoms in total. The highest BCUT2D eigenvalue weighted by Crippen LogP contribution is 2.19. The normalized spacial score (nSPS) is 17.5. The summed E-state index contributed by atoms with van der Waals surface area (Å²) in [6.07, 6.45) is 0. The zero-order chi connectivity index (χ0) is 12.3. The Kier molecular flexibility index (Phi) is 3.23. The number of cyclic esters (lactones) is 1. The lowest BCUT2D eigenvalue weighted by Gasteiger charge is -2.01. The van der Waals surface area contributed by atoms with Gasteiger partial charge in [-0.05, 0) is 26.0 Å². The molecule has 1 aliphatic heterocycles. The van der Waals surface area contributed by atoms with Crippen LogP contribution in [0.2, 0.25) is 0 Å². The molecule has 0 fully saturated rings. The van der Waals surface area contributed by atoms with Gasteiger partial charge in [0, 0.05) is 5.56 Å². The summed E-state index contributed by atoms with van der Waals surface area (Å²) in [5, 5.41) is 0. The van der Waals surface area contributed by atoms with Gasteiger partial charge in [-0.15, -0.1) is 0 Å². The first-order valence-corrected chi connectivity index (χ1v) is 5.42. The van der Waals surface area contributed by atoms with Crippen molar-refractivity contribution in [2.24, 2.45) is 4.99 Å². The van der Waals surface area contributed by atoms with Crippen molar-refractivity contribution in [3.8, 4) is 0 Å². The van der Waals surface area contributed by atoms with Crippen molar-refractivity contribution < 1.29 is 14.3 Å². The number of hydrogen-bond donors (Lipinski definition) is 0. The first-order chi connectivity index (χ1) is 8.22. The molecule has 0 aliphatic carbocycles. The molecule has 88 valence electrons. The monoisotopic (exact) mass is 231 g/mol. The lowest BCUT2D eigenvalue weighted by Crippen LogP contribution is -2.06. The molecule has 17 heavy (non-hydrogen) atoms. The largest absolute Gasteiger partial charge is 0.496 e. The van der Waals surface area contributed by atoms with E-state index >= 15 is 0 Å². The van der Waals surface area contributed by atoms with E-state index in [0.717, 1.165) is 5.56 Å². The highest BCUT2D eigenvalue weighted by Gasteiger charge is 2.26. The van der Waals surface area contributed by atoms with Crippen molar-refractivity contribution in [2.45, 2.75) is 13.8 Å². The van der Waals surface area contributed by atoms with Crippen molar-refractivity contribution in [1.29, 1.82) is 0 Å². The van der Waals surface area contributed by atoms with Crippen LogP contribution in [0.15, 0.2) is 46.8 Å². The molecule has 0 amide bonds. The summed E-state index contributed by atoms with van der Waals surface area (Å²) < 4.78 is 10.4.